The van der Waals surface area contributed by atoms with Crippen LogP contribution < -0.4 is 5.32 Å². The highest BCUT2D eigenvalue weighted by Crippen LogP contribution is 2.23. The van der Waals surface area contributed by atoms with Crippen LogP contribution in [0, 0.1) is 0 Å². The lowest BCUT2D eigenvalue weighted by Gasteiger charge is -2.05. The molecule has 2 aromatic carbocycles. The molecule has 0 unspecified atom stereocenters. The van der Waals surface area contributed by atoms with Gasteiger partial charge in [-0.25, -0.2) is 4.52 Å². The largest absolute Gasteiger partial charge is 0.323 e. The average molecular weight is 328 g/mol. The smallest absolute Gasteiger partial charge is 0.247 e. The van der Waals surface area contributed by atoms with Gasteiger partial charge in [0.25, 0.3) is 0 Å². The molecule has 1 N–H and O–H groups in total. The second kappa shape index (κ2) is 6.20. The number of benzene rings is 2. The number of ketones is 1. The van der Waals surface area contributed by atoms with E-state index in [1.807, 2.05) is 72.8 Å². The lowest BCUT2D eigenvalue weighted by Crippen LogP contribution is -1.97. The summed E-state index contributed by atoms with van der Waals surface area (Å²) in [5.74, 6) is 0.570. The third kappa shape index (κ3) is 2.99. The van der Waals surface area contributed by atoms with E-state index in [-0.39, 0.29) is 5.78 Å². The van der Waals surface area contributed by atoms with Gasteiger partial charge in [-0.3, -0.25) is 4.79 Å². The Morgan fingerprint density at radius 1 is 0.960 bits per heavy atom. The molecule has 0 amide bonds. The summed E-state index contributed by atoms with van der Waals surface area (Å²) < 4.78 is 1.78. The van der Waals surface area contributed by atoms with E-state index < -0.39 is 0 Å². The van der Waals surface area contributed by atoms with E-state index in [2.05, 4.69) is 15.4 Å². The van der Waals surface area contributed by atoms with Crippen LogP contribution in [0.2, 0.25) is 0 Å². The Balaban J connectivity index is 1.78. The summed E-state index contributed by atoms with van der Waals surface area (Å²) in [4.78, 5) is 16.2. The second-order valence-corrected chi connectivity index (χ2v) is 5.74. The number of fused-ring (bicyclic) bond motifs is 1. The van der Waals surface area contributed by atoms with Crippen molar-refractivity contribution in [1.82, 2.24) is 14.6 Å². The van der Waals surface area contributed by atoms with Crippen molar-refractivity contribution in [2.24, 2.45) is 0 Å². The number of hydrogen-bond donors (Lipinski definition) is 1. The number of para-hydroxylation sites is 1. The van der Waals surface area contributed by atoms with Gasteiger partial charge >= 0.3 is 0 Å². The maximum Gasteiger partial charge on any atom is 0.247 e. The fourth-order valence-electron chi connectivity index (χ4n) is 2.72. The quantitative estimate of drug-likeness (QED) is 0.566. The molecule has 5 nitrogen and oxygen atoms in total. The molecule has 0 spiro atoms. The molecule has 0 radical (unpaired) electrons. The molecule has 4 rings (SSSR count). The fourth-order valence-corrected chi connectivity index (χ4v) is 2.72. The predicted octanol–water partition coefficient (Wildman–Crippen LogP) is 4.34. The maximum atomic E-state index is 11.7. The highest BCUT2D eigenvalue weighted by molar-refractivity contribution is 5.95. The van der Waals surface area contributed by atoms with Gasteiger partial charge in [0, 0.05) is 16.8 Å². The molecule has 5 heteroatoms. The number of Topliss-reactive ketones (excluding diaryl/α,β-unsaturated/α-hetero) is 1. The minimum absolute atomic E-state index is 0.0408. The van der Waals surface area contributed by atoms with Gasteiger partial charge in [-0.15, -0.1) is 5.10 Å². The highest BCUT2D eigenvalue weighted by atomic mass is 16.1. The van der Waals surface area contributed by atoms with Crippen LogP contribution in [-0.2, 0) is 0 Å². The Morgan fingerprint density at radius 2 is 1.76 bits per heavy atom. The Bertz CT molecular complexity index is 1050. The normalized spacial score (nSPS) is 10.8. The zero-order valence-corrected chi connectivity index (χ0v) is 13.7. The number of pyridine rings is 1. The number of hydrogen-bond acceptors (Lipinski definition) is 4. The molecule has 4 aromatic rings. The molecule has 0 saturated carbocycles. The number of anilines is 2. The first-order valence-corrected chi connectivity index (χ1v) is 8.00. The summed E-state index contributed by atoms with van der Waals surface area (Å²) in [7, 11) is 0. The molecule has 0 saturated heterocycles. The van der Waals surface area contributed by atoms with E-state index in [0.717, 1.165) is 22.6 Å². The molecule has 0 fully saturated rings. The zero-order valence-electron chi connectivity index (χ0n) is 13.7. The van der Waals surface area contributed by atoms with Gasteiger partial charge in [0.2, 0.25) is 5.95 Å². The maximum absolute atomic E-state index is 11.7. The van der Waals surface area contributed by atoms with Gasteiger partial charge in [-0.1, -0.05) is 42.5 Å². The van der Waals surface area contributed by atoms with Gasteiger partial charge in [-0.05, 0) is 37.3 Å². The first-order chi connectivity index (χ1) is 12.2. The van der Waals surface area contributed by atoms with Gasteiger partial charge in [0.05, 0.1) is 5.69 Å². The Hall–Kier alpha value is -3.47. The number of carbonyl (C=O) groups excluding carboxylic acids is 1. The van der Waals surface area contributed by atoms with E-state index in [4.69, 9.17) is 0 Å². The Labute approximate surface area is 145 Å². The van der Waals surface area contributed by atoms with Crippen molar-refractivity contribution in [3.8, 4) is 11.3 Å². The Morgan fingerprint density at radius 3 is 2.56 bits per heavy atom. The number of rotatable bonds is 4. The number of carbonyl (C=O) groups is 1. The van der Waals surface area contributed by atoms with E-state index >= 15 is 0 Å². The van der Waals surface area contributed by atoms with Crippen LogP contribution in [-0.4, -0.2) is 20.4 Å². The predicted molar refractivity (Wildman–Crippen MR) is 98.2 cm³/mol. The van der Waals surface area contributed by atoms with Gasteiger partial charge in [0.15, 0.2) is 11.4 Å². The summed E-state index contributed by atoms with van der Waals surface area (Å²) >= 11 is 0. The van der Waals surface area contributed by atoms with Crippen molar-refractivity contribution >= 4 is 23.1 Å². The van der Waals surface area contributed by atoms with Crippen molar-refractivity contribution in [1.29, 1.82) is 0 Å². The average Bonchev–Trinajstić information content (AvgIpc) is 3.05. The molecule has 0 atom stereocenters. The lowest BCUT2D eigenvalue weighted by atomic mass is 10.1. The number of nitrogens with one attached hydrogen (secondary N) is 1. The fraction of sp³-hybridized carbons (Fsp3) is 0.0500. The minimum Gasteiger partial charge on any atom is -0.323 e. The van der Waals surface area contributed by atoms with Crippen LogP contribution in [0.25, 0.3) is 16.9 Å². The molecular weight excluding hydrogens is 312 g/mol. The number of nitrogens with zero attached hydrogens (tertiary/aromatic N) is 3. The van der Waals surface area contributed by atoms with Crippen molar-refractivity contribution in [3.05, 3.63) is 78.4 Å². The van der Waals surface area contributed by atoms with Crippen LogP contribution >= 0.6 is 0 Å². The van der Waals surface area contributed by atoms with E-state index in [0.29, 0.717) is 11.5 Å². The molecule has 0 aliphatic heterocycles. The topological polar surface area (TPSA) is 59.3 Å². The monoisotopic (exact) mass is 328 g/mol. The van der Waals surface area contributed by atoms with Gasteiger partial charge in [-0.2, -0.15) is 4.98 Å². The molecule has 0 aliphatic rings. The minimum atomic E-state index is 0.0408. The lowest BCUT2D eigenvalue weighted by molar-refractivity contribution is 0.101. The molecule has 2 aromatic heterocycles. The third-order valence-corrected chi connectivity index (χ3v) is 3.95. The summed E-state index contributed by atoms with van der Waals surface area (Å²) in [6, 6.07) is 23.1. The Kier molecular flexibility index (Phi) is 3.74. The molecule has 122 valence electrons. The summed E-state index contributed by atoms with van der Waals surface area (Å²) in [6.07, 6.45) is 0. The van der Waals surface area contributed by atoms with Gasteiger partial charge < -0.3 is 5.32 Å². The van der Waals surface area contributed by atoms with Crippen LogP contribution in [0.4, 0.5) is 11.6 Å². The zero-order chi connectivity index (χ0) is 17.2. The van der Waals surface area contributed by atoms with Crippen LogP contribution in [0.3, 0.4) is 0 Å². The highest BCUT2D eigenvalue weighted by Gasteiger charge is 2.10. The summed E-state index contributed by atoms with van der Waals surface area (Å²) in [5, 5.41) is 7.77. The van der Waals surface area contributed by atoms with E-state index in [1.54, 1.807) is 11.4 Å². The first kappa shape index (κ1) is 15.1. The standard InChI is InChI=1S/C20H16N4O/c1-14(25)15-7-5-8-16(13-15)18-11-6-12-19-22-20(23-24(18)19)21-17-9-3-2-4-10-17/h2-13H,1H3,(H,21,23). The molecule has 0 aliphatic carbocycles. The van der Waals surface area contributed by atoms with Crippen LogP contribution in [0.1, 0.15) is 17.3 Å². The van der Waals surface area contributed by atoms with Gasteiger partial charge in [0.1, 0.15) is 0 Å². The summed E-state index contributed by atoms with van der Waals surface area (Å²) in [6.45, 7) is 1.57. The van der Waals surface area contributed by atoms with Crippen molar-refractivity contribution in [2.75, 3.05) is 5.32 Å². The van der Waals surface area contributed by atoms with Crippen molar-refractivity contribution in [3.63, 3.8) is 0 Å². The number of aromatic nitrogens is 3. The first-order valence-electron chi connectivity index (χ1n) is 8.00. The SMILES string of the molecule is CC(=O)c1cccc(-c2cccc3nc(Nc4ccccc4)nn23)c1. The van der Waals surface area contributed by atoms with Crippen molar-refractivity contribution in [2.45, 2.75) is 6.92 Å². The van der Waals surface area contributed by atoms with Crippen LogP contribution in [0.15, 0.2) is 72.8 Å². The van der Waals surface area contributed by atoms with Crippen LogP contribution in [0.5, 0.6) is 0 Å². The molecular formula is C20H16N4O. The molecule has 0 bridgehead atoms. The third-order valence-electron chi connectivity index (χ3n) is 3.95. The summed E-state index contributed by atoms with van der Waals surface area (Å²) in [5.41, 5.74) is 4.16. The molecule has 25 heavy (non-hydrogen) atoms. The molecule has 2 heterocycles. The van der Waals surface area contributed by atoms with E-state index in [1.165, 1.54) is 0 Å². The second-order valence-electron chi connectivity index (χ2n) is 5.74. The van der Waals surface area contributed by atoms with E-state index in [9.17, 15) is 4.79 Å². The van der Waals surface area contributed by atoms with Crippen molar-refractivity contribution < 1.29 is 4.79 Å².